The largest absolute Gasteiger partial charge is 0.350 e. The minimum absolute atomic E-state index is 0.0425. The molecule has 0 bridgehead atoms. The van der Waals surface area contributed by atoms with Gasteiger partial charge >= 0.3 is 0 Å². The molecular formula is C19H24N4O2S. The second-order valence-corrected chi connectivity index (χ2v) is 7.68. The number of carbonyl (C=O) groups excluding carboxylic acids is 2. The maximum atomic E-state index is 12.4. The minimum Gasteiger partial charge on any atom is -0.350 e. The molecule has 3 rings (SSSR count). The Morgan fingerprint density at radius 3 is 2.62 bits per heavy atom. The third kappa shape index (κ3) is 4.72. The van der Waals surface area contributed by atoms with Crippen molar-refractivity contribution < 1.29 is 9.59 Å². The molecule has 2 N–H and O–H groups in total. The van der Waals surface area contributed by atoms with Gasteiger partial charge in [-0.3, -0.25) is 14.7 Å². The van der Waals surface area contributed by atoms with Crippen LogP contribution in [-0.2, 0) is 4.79 Å². The summed E-state index contributed by atoms with van der Waals surface area (Å²) < 4.78 is 0. The Morgan fingerprint density at radius 2 is 1.96 bits per heavy atom. The summed E-state index contributed by atoms with van der Waals surface area (Å²) in [4.78, 5) is 28.0. The SMILES string of the molecule is CC(=O)N[C@@H](C)c1ccc(C(=O)CSc2n[nH]c(C3CCCC3)n2)cc1. The molecule has 1 atom stereocenters. The molecule has 1 aromatic heterocycles. The number of hydrogen-bond donors (Lipinski definition) is 2. The van der Waals surface area contributed by atoms with Crippen LogP contribution in [0.1, 0.15) is 73.2 Å². The van der Waals surface area contributed by atoms with E-state index >= 15 is 0 Å². The van der Waals surface area contributed by atoms with Crippen LogP contribution in [-0.4, -0.2) is 32.6 Å². The standard InChI is InChI=1S/C19H24N4O2S/c1-12(20-13(2)24)14-7-9-15(10-8-14)17(25)11-26-19-21-18(22-23-19)16-5-3-4-6-16/h7-10,12,16H,3-6,11H2,1-2H3,(H,20,24)(H,21,22,23)/t12-/m0/s1. The normalized spacial score (nSPS) is 15.8. The quantitative estimate of drug-likeness (QED) is 0.572. The molecule has 1 fully saturated rings. The summed E-state index contributed by atoms with van der Waals surface area (Å²) in [5.74, 6) is 1.72. The zero-order valence-corrected chi connectivity index (χ0v) is 15.9. The molecule has 1 saturated carbocycles. The molecule has 1 amide bonds. The summed E-state index contributed by atoms with van der Waals surface area (Å²) >= 11 is 1.36. The first kappa shape index (κ1) is 18.6. The molecule has 0 saturated heterocycles. The number of benzene rings is 1. The number of rotatable bonds is 7. The van der Waals surface area contributed by atoms with Crippen LogP contribution in [0.5, 0.6) is 0 Å². The lowest BCUT2D eigenvalue weighted by atomic mass is 10.0. The van der Waals surface area contributed by atoms with E-state index in [0.717, 1.165) is 11.4 Å². The summed E-state index contributed by atoms with van der Waals surface area (Å²) in [5, 5.41) is 10.7. The van der Waals surface area contributed by atoms with Crippen molar-refractivity contribution in [2.24, 2.45) is 0 Å². The molecule has 1 heterocycles. The van der Waals surface area contributed by atoms with Crippen LogP contribution >= 0.6 is 11.8 Å². The first-order valence-electron chi connectivity index (χ1n) is 8.98. The number of thioether (sulfide) groups is 1. The van der Waals surface area contributed by atoms with Crippen LogP contribution in [0.25, 0.3) is 0 Å². The van der Waals surface area contributed by atoms with Crippen molar-refractivity contribution in [3.63, 3.8) is 0 Å². The highest BCUT2D eigenvalue weighted by Crippen LogP contribution is 2.32. The van der Waals surface area contributed by atoms with Gasteiger partial charge in [-0.2, -0.15) is 0 Å². The third-order valence-corrected chi connectivity index (χ3v) is 5.56. The summed E-state index contributed by atoms with van der Waals surface area (Å²) in [6, 6.07) is 7.29. The molecule has 138 valence electrons. The Balaban J connectivity index is 1.54. The molecule has 0 spiro atoms. The lowest BCUT2D eigenvalue weighted by Crippen LogP contribution is -2.23. The van der Waals surface area contributed by atoms with Gasteiger partial charge in [-0.15, -0.1) is 5.10 Å². The summed E-state index contributed by atoms with van der Waals surface area (Å²) in [5.41, 5.74) is 1.63. The number of hydrogen-bond acceptors (Lipinski definition) is 5. The predicted octanol–water partition coefficient (Wildman–Crippen LogP) is 3.63. The number of aromatic nitrogens is 3. The van der Waals surface area contributed by atoms with E-state index in [-0.39, 0.29) is 17.7 Å². The molecule has 1 aliphatic carbocycles. The van der Waals surface area contributed by atoms with E-state index in [9.17, 15) is 9.59 Å². The topological polar surface area (TPSA) is 87.7 Å². The van der Waals surface area contributed by atoms with Gasteiger partial charge in [0.05, 0.1) is 11.8 Å². The van der Waals surface area contributed by atoms with E-state index in [1.807, 2.05) is 19.1 Å². The monoisotopic (exact) mass is 372 g/mol. The molecule has 2 aromatic rings. The Labute approximate surface area is 157 Å². The number of carbonyl (C=O) groups is 2. The Hall–Kier alpha value is -2.15. The van der Waals surface area contributed by atoms with Crippen molar-refractivity contribution in [2.75, 3.05) is 5.75 Å². The van der Waals surface area contributed by atoms with E-state index in [1.54, 1.807) is 12.1 Å². The second kappa shape index (κ2) is 8.49. The minimum atomic E-state index is -0.0757. The number of ketones is 1. The first-order chi connectivity index (χ1) is 12.5. The lowest BCUT2D eigenvalue weighted by molar-refractivity contribution is -0.119. The van der Waals surface area contributed by atoms with E-state index in [4.69, 9.17) is 0 Å². The van der Waals surface area contributed by atoms with Crippen LogP contribution in [0.3, 0.4) is 0 Å². The van der Waals surface area contributed by atoms with Gasteiger partial charge in [0.15, 0.2) is 5.78 Å². The average molecular weight is 372 g/mol. The number of H-pyrrole nitrogens is 1. The van der Waals surface area contributed by atoms with Gasteiger partial charge in [0, 0.05) is 18.4 Å². The zero-order valence-electron chi connectivity index (χ0n) is 15.1. The highest BCUT2D eigenvalue weighted by atomic mass is 32.2. The molecule has 1 aromatic carbocycles. The molecule has 0 aliphatic heterocycles. The average Bonchev–Trinajstić information content (AvgIpc) is 3.30. The molecule has 1 aliphatic rings. The fourth-order valence-electron chi connectivity index (χ4n) is 3.26. The van der Waals surface area contributed by atoms with Crippen LogP contribution < -0.4 is 5.32 Å². The number of amides is 1. The van der Waals surface area contributed by atoms with Gasteiger partial charge in [0.2, 0.25) is 11.1 Å². The van der Waals surface area contributed by atoms with E-state index in [0.29, 0.717) is 22.4 Å². The van der Waals surface area contributed by atoms with E-state index < -0.39 is 0 Å². The number of aromatic amines is 1. The van der Waals surface area contributed by atoms with Gasteiger partial charge in [-0.05, 0) is 25.3 Å². The zero-order chi connectivity index (χ0) is 18.5. The van der Waals surface area contributed by atoms with Crippen molar-refractivity contribution in [1.82, 2.24) is 20.5 Å². The molecule has 6 nitrogen and oxygen atoms in total. The molecule has 0 radical (unpaired) electrons. The Morgan fingerprint density at radius 1 is 1.27 bits per heavy atom. The Kier molecular flexibility index (Phi) is 6.08. The van der Waals surface area contributed by atoms with E-state index in [2.05, 4.69) is 20.5 Å². The molecular weight excluding hydrogens is 348 g/mol. The summed E-state index contributed by atoms with van der Waals surface area (Å²) in [6.07, 6.45) is 4.84. The van der Waals surface area contributed by atoms with Gasteiger partial charge < -0.3 is 5.32 Å². The van der Waals surface area contributed by atoms with Crippen LogP contribution in [0.15, 0.2) is 29.4 Å². The van der Waals surface area contributed by atoms with Gasteiger partial charge in [0.25, 0.3) is 0 Å². The van der Waals surface area contributed by atoms with Gasteiger partial charge in [0.1, 0.15) is 5.82 Å². The molecule has 7 heteroatoms. The van der Waals surface area contributed by atoms with Gasteiger partial charge in [-0.1, -0.05) is 48.9 Å². The van der Waals surface area contributed by atoms with Crippen molar-refractivity contribution >= 4 is 23.5 Å². The maximum Gasteiger partial charge on any atom is 0.217 e. The van der Waals surface area contributed by atoms with Gasteiger partial charge in [-0.25, -0.2) is 4.98 Å². The summed E-state index contributed by atoms with van der Waals surface area (Å²) in [7, 11) is 0. The molecule has 0 unspecified atom stereocenters. The highest BCUT2D eigenvalue weighted by Gasteiger charge is 2.21. The van der Waals surface area contributed by atoms with Crippen LogP contribution in [0.4, 0.5) is 0 Å². The first-order valence-corrected chi connectivity index (χ1v) is 9.97. The predicted molar refractivity (Wildman–Crippen MR) is 101 cm³/mol. The van der Waals surface area contributed by atoms with Crippen molar-refractivity contribution in [3.05, 3.63) is 41.2 Å². The van der Waals surface area contributed by atoms with E-state index in [1.165, 1.54) is 44.4 Å². The number of nitrogens with zero attached hydrogens (tertiary/aromatic N) is 2. The van der Waals surface area contributed by atoms with Crippen molar-refractivity contribution in [2.45, 2.75) is 56.6 Å². The lowest BCUT2D eigenvalue weighted by Gasteiger charge is -2.13. The maximum absolute atomic E-state index is 12.4. The second-order valence-electron chi connectivity index (χ2n) is 6.74. The molecule has 26 heavy (non-hydrogen) atoms. The Bertz CT molecular complexity index is 766. The number of Topliss-reactive ketones (excluding diaryl/α,β-unsaturated/α-hetero) is 1. The fraction of sp³-hybridized carbons (Fsp3) is 0.474. The number of nitrogens with one attached hydrogen (secondary N) is 2. The van der Waals surface area contributed by atoms with Crippen LogP contribution in [0, 0.1) is 0 Å². The third-order valence-electron chi connectivity index (χ3n) is 4.71. The van der Waals surface area contributed by atoms with Crippen LogP contribution in [0.2, 0.25) is 0 Å². The van der Waals surface area contributed by atoms with Crippen molar-refractivity contribution in [1.29, 1.82) is 0 Å². The highest BCUT2D eigenvalue weighted by molar-refractivity contribution is 7.99. The van der Waals surface area contributed by atoms with Crippen molar-refractivity contribution in [3.8, 4) is 0 Å². The summed E-state index contributed by atoms with van der Waals surface area (Å²) in [6.45, 7) is 3.41. The fourth-order valence-corrected chi connectivity index (χ4v) is 3.96. The smallest absolute Gasteiger partial charge is 0.217 e.